The molecule has 0 saturated heterocycles. The molecule has 0 unspecified atom stereocenters. The van der Waals surface area contributed by atoms with E-state index < -0.39 is 0 Å². The SMILES string of the molecule is COc1ccc(-c2nc3ccccc3[nH]2)cc1COc1cc(C)ccc1C. The summed E-state index contributed by atoms with van der Waals surface area (Å²) in [6.45, 7) is 4.55. The van der Waals surface area contributed by atoms with Gasteiger partial charge in [-0.05, 0) is 61.4 Å². The van der Waals surface area contributed by atoms with E-state index in [1.807, 2.05) is 36.4 Å². The van der Waals surface area contributed by atoms with Gasteiger partial charge in [0.1, 0.15) is 23.9 Å². The quantitative estimate of drug-likeness (QED) is 0.517. The maximum absolute atomic E-state index is 6.09. The van der Waals surface area contributed by atoms with Crippen molar-refractivity contribution in [1.82, 2.24) is 9.97 Å². The van der Waals surface area contributed by atoms with E-state index in [0.717, 1.165) is 45.0 Å². The molecule has 0 radical (unpaired) electrons. The zero-order valence-corrected chi connectivity index (χ0v) is 15.7. The van der Waals surface area contributed by atoms with Gasteiger partial charge in [-0.25, -0.2) is 4.98 Å². The van der Waals surface area contributed by atoms with Gasteiger partial charge < -0.3 is 14.5 Å². The summed E-state index contributed by atoms with van der Waals surface area (Å²) < 4.78 is 11.6. The number of aromatic nitrogens is 2. The Kier molecular flexibility index (Phi) is 4.55. The van der Waals surface area contributed by atoms with Crippen molar-refractivity contribution in [3.8, 4) is 22.9 Å². The maximum Gasteiger partial charge on any atom is 0.138 e. The first-order valence-corrected chi connectivity index (χ1v) is 8.96. The summed E-state index contributed by atoms with van der Waals surface area (Å²) in [5.74, 6) is 2.54. The van der Waals surface area contributed by atoms with E-state index in [9.17, 15) is 0 Å². The molecule has 27 heavy (non-hydrogen) atoms. The van der Waals surface area contributed by atoms with E-state index in [2.05, 4.69) is 48.1 Å². The molecule has 4 rings (SSSR count). The molecule has 0 atom stereocenters. The summed E-state index contributed by atoms with van der Waals surface area (Å²) in [6.07, 6.45) is 0. The molecule has 0 fully saturated rings. The van der Waals surface area contributed by atoms with Gasteiger partial charge in [0.25, 0.3) is 0 Å². The monoisotopic (exact) mass is 358 g/mol. The molecule has 3 aromatic carbocycles. The first-order valence-electron chi connectivity index (χ1n) is 8.96. The van der Waals surface area contributed by atoms with Gasteiger partial charge >= 0.3 is 0 Å². The molecule has 0 aliphatic heterocycles. The second-order valence-electron chi connectivity index (χ2n) is 6.69. The second-order valence-corrected chi connectivity index (χ2v) is 6.69. The molecule has 136 valence electrons. The molecule has 0 amide bonds. The largest absolute Gasteiger partial charge is 0.496 e. The average Bonchev–Trinajstić information content (AvgIpc) is 3.12. The Bertz CT molecular complexity index is 1070. The molecule has 0 saturated carbocycles. The minimum atomic E-state index is 0.432. The molecule has 0 aliphatic carbocycles. The molecule has 4 nitrogen and oxygen atoms in total. The standard InChI is InChI=1S/C23H22N2O2/c1-15-8-9-16(2)22(12-15)27-14-18-13-17(10-11-21(18)26-3)23-24-19-6-4-5-7-20(19)25-23/h4-13H,14H2,1-3H3,(H,24,25). The van der Waals surface area contributed by atoms with E-state index in [-0.39, 0.29) is 0 Å². The highest BCUT2D eigenvalue weighted by Crippen LogP contribution is 2.28. The van der Waals surface area contributed by atoms with Crippen LogP contribution in [0.3, 0.4) is 0 Å². The van der Waals surface area contributed by atoms with E-state index in [1.165, 1.54) is 5.56 Å². The first-order chi connectivity index (χ1) is 13.1. The summed E-state index contributed by atoms with van der Waals surface area (Å²) in [5.41, 5.74) is 6.27. The van der Waals surface area contributed by atoms with Crippen LogP contribution < -0.4 is 9.47 Å². The molecule has 1 heterocycles. The van der Waals surface area contributed by atoms with Crippen LogP contribution in [0.4, 0.5) is 0 Å². The highest BCUT2D eigenvalue weighted by atomic mass is 16.5. The zero-order valence-electron chi connectivity index (χ0n) is 15.7. The van der Waals surface area contributed by atoms with Crippen molar-refractivity contribution >= 4 is 11.0 Å². The number of rotatable bonds is 5. The van der Waals surface area contributed by atoms with Gasteiger partial charge in [0.2, 0.25) is 0 Å². The Morgan fingerprint density at radius 3 is 2.59 bits per heavy atom. The summed E-state index contributed by atoms with van der Waals surface area (Å²) in [5, 5.41) is 0. The van der Waals surface area contributed by atoms with E-state index in [4.69, 9.17) is 9.47 Å². The van der Waals surface area contributed by atoms with Gasteiger partial charge in [0.15, 0.2) is 0 Å². The fourth-order valence-corrected chi connectivity index (χ4v) is 3.15. The summed E-state index contributed by atoms with van der Waals surface area (Å²) in [7, 11) is 1.68. The molecule has 1 aromatic heterocycles. The smallest absolute Gasteiger partial charge is 0.138 e. The Labute approximate surface area is 158 Å². The van der Waals surface area contributed by atoms with Gasteiger partial charge in [0.05, 0.1) is 18.1 Å². The number of ether oxygens (including phenoxy) is 2. The van der Waals surface area contributed by atoms with Gasteiger partial charge in [0, 0.05) is 11.1 Å². The van der Waals surface area contributed by atoms with Crippen LogP contribution in [0.25, 0.3) is 22.4 Å². The third-order valence-electron chi connectivity index (χ3n) is 4.67. The fourth-order valence-electron chi connectivity index (χ4n) is 3.15. The third-order valence-corrected chi connectivity index (χ3v) is 4.67. The van der Waals surface area contributed by atoms with Crippen molar-refractivity contribution in [3.05, 3.63) is 77.4 Å². The summed E-state index contributed by atoms with van der Waals surface area (Å²) >= 11 is 0. The lowest BCUT2D eigenvalue weighted by atomic mass is 10.1. The van der Waals surface area contributed by atoms with E-state index >= 15 is 0 Å². The maximum atomic E-state index is 6.09. The van der Waals surface area contributed by atoms with Crippen LogP contribution in [-0.2, 0) is 6.61 Å². The number of methoxy groups -OCH3 is 1. The normalized spacial score (nSPS) is 10.9. The van der Waals surface area contributed by atoms with E-state index in [1.54, 1.807) is 7.11 Å². The molecule has 4 aromatic rings. The Balaban J connectivity index is 1.65. The van der Waals surface area contributed by atoms with Crippen molar-refractivity contribution in [3.63, 3.8) is 0 Å². The van der Waals surface area contributed by atoms with Gasteiger partial charge in [-0.2, -0.15) is 0 Å². The lowest BCUT2D eigenvalue weighted by molar-refractivity contribution is 0.294. The van der Waals surface area contributed by atoms with Crippen molar-refractivity contribution in [1.29, 1.82) is 0 Å². The molecule has 1 N–H and O–H groups in total. The Hall–Kier alpha value is -3.27. The van der Waals surface area contributed by atoms with E-state index in [0.29, 0.717) is 6.61 Å². The zero-order chi connectivity index (χ0) is 18.8. The van der Waals surface area contributed by atoms with Crippen LogP contribution in [0.15, 0.2) is 60.7 Å². The number of aryl methyl sites for hydroxylation is 2. The topological polar surface area (TPSA) is 47.1 Å². The number of hydrogen-bond donors (Lipinski definition) is 1. The predicted molar refractivity (Wildman–Crippen MR) is 108 cm³/mol. The van der Waals surface area contributed by atoms with Crippen LogP contribution in [0.1, 0.15) is 16.7 Å². The van der Waals surface area contributed by atoms with Crippen LogP contribution in [-0.4, -0.2) is 17.1 Å². The molecular formula is C23H22N2O2. The number of hydrogen-bond acceptors (Lipinski definition) is 3. The summed E-state index contributed by atoms with van der Waals surface area (Å²) in [6, 6.07) is 20.3. The lowest BCUT2D eigenvalue weighted by Crippen LogP contribution is -2.01. The molecule has 0 bridgehead atoms. The predicted octanol–water partition coefficient (Wildman–Crippen LogP) is 5.43. The molecule has 0 aliphatic rings. The number of benzene rings is 3. The highest BCUT2D eigenvalue weighted by molar-refractivity contribution is 5.79. The fraction of sp³-hybridized carbons (Fsp3) is 0.174. The Morgan fingerprint density at radius 1 is 0.926 bits per heavy atom. The van der Waals surface area contributed by atoms with Crippen molar-refractivity contribution in [2.45, 2.75) is 20.5 Å². The molecular weight excluding hydrogens is 336 g/mol. The molecule has 4 heteroatoms. The number of fused-ring (bicyclic) bond motifs is 1. The third kappa shape index (κ3) is 3.51. The Morgan fingerprint density at radius 2 is 1.78 bits per heavy atom. The number of imidazole rings is 1. The first kappa shape index (κ1) is 17.2. The van der Waals surface area contributed by atoms with Crippen LogP contribution >= 0.6 is 0 Å². The van der Waals surface area contributed by atoms with Gasteiger partial charge in [-0.1, -0.05) is 24.3 Å². The summed E-state index contributed by atoms with van der Waals surface area (Å²) in [4.78, 5) is 8.06. The number of aromatic amines is 1. The lowest BCUT2D eigenvalue weighted by Gasteiger charge is -2.13. The van der Waals surface area contributed by atoms with Crippen molar-refractivity contribution in [2.75, 3.05) is 7.11 Å². The van der Waals surface area contributed by atoms with Gasteiger partial charge in [-0.15, -0.1) is 0 Å². The average molecular weight is 358 g/mol. The van der Waals surface area contributed by atoms with Gasteiger partial charge in [-0.3, -0.25) is 0 Å². The number of para-hydroxylation sites is 2. The highest BCUT2D eigenvalue weighted by Gasteiger charge is 2.11. The van der Waals surface area contributed by atoms with Crippen LogP contribution in [0.5, 0.6) is 11.5 Å². The van der Waals surface area contributed by atoms with Crippen LogP contribution in [0.2, 0.25) is 0 Å². The second kappa shape index (κ2) is 7.16. The molecule has 0 spiro atoms. The van der Waals surface area contributed by atoms with Crippen LogP contribution in [0, 0.1) is 13.8 Å². The van der Waals surface area contributed by atoms with Crippen molar-refractivity contribution < 1.29 is 9.47 Å². The van der Waals surface area contributed by atoms with Crippen molar-refractivity contribution in [2.24, 2.45) is 0 Å². The number of nitrogens with zero attached hydrogens (tertiary/aromatic N) is 1. The minimum Gasteiger partial charge on any atom is -0.496 e. The minimum absolute atomic E-state index is 0.432. The number of H-pyrrole nitrogens is 1. The number of nitrogens with one attached hydrogen (secondary N) is 1.